The lowest BCUT2D eigenvalue weighted by molar-refractivity contribution is -0.0786. The Bertz CT molecular complexity index is 641. The lowest BCUT2D eigenvalue weighted by Crippen LogP contribution is -2.50. The minimum atomic E-state index is -1.22. The van der Waals surface area contributed by atoms with Gasteiger partial charge in [0.05, 0.1) is 18.5 Å². The average Bonchev–Trinajstić information content (AvgIpc) is 2.57. The van der Waals surface area contributed by atoms with E-state index in [9.17, 15) is 15.3 Å². The molecule has 0 spiro atoms. The lowest BCUT2D eigenvalue weighted by atomic mass is 10.1. The molecule has 4 atom stereocenters. The maximum absolute atomic E-state index is 9.97. The van der Waals surface area contributed by atoms with E-state index in [2.05, 4.69) is 4.98 Å². The van der Waals surface area contributed by atoms with Crippen LogP contribution in [0.4, 0.5) is 0 Å². The summed E-state index contributed by atoms with van der Waals surface area (Å²) in [6.45, 7) is 0. The van der Waals surface area contributed by atoms with E-state index in [0.717, 1.165) is 0 Å². The summed E-state index contributed by atoms with van der Waals surface area (Å²) < 4.78 is 11.3. The maximum Gasteiger partial charge on any atom is 0.173 e. The fourth-order valence-electron chi connectivity index (χ4n) is 2.16. The first-order chi connectivity index (χ1) is 11.1. The second kappa shape index (κ2) is 7.18. The molecule has 0 saturated carbocycles. The number of hydrogen-bond donors (Lipinski definition) is 3. The van der Waals surface area contributed by atoms with E-state index in [1.54, 1.807) is 12.3 Å². The Hall–Kier alpha value is -1.80. The van der Waals surface area contributed by atoms with Crippen molar-refractivity contribution in [2.75, 3.05) is 5.75 Å². The van der Waals surface area contributed by atoms with Gasteiger partial charge < -0.3 is 24.8 Å². The number of rotatable bonds is 4. The van der Waals surface area contributed by atoms with Crippen molar-refractivity contribution in [3.05, 3.63) is 48.8 Å². The van der Waals surface area contributed by atoms with Crippen molar-refractivity contribution in [1.82, 2.24) is 4.98 Å². The molecule has 0 aliphatic carbocycles. The highest BCUT2D eigenvalue weighted by Gasteiger charge is 2.38. The first-order valence-corrected chi connectivity index (χ1v) is 8.19. The maximum atomic E-state index is 9.97. The number of aliphatic hydroxyl groups is 3. The molecule has 6 nitrogen and oxygen atoms in total. The number of pyridine rings is 1. The van der Waals surface area contributed by atoms with E-state index in [1.807, 2.05) is 30.3 Å². The highest BCUT2D eigenvalue weighted by atomic mass is 32.2. The van der Waals surface area contributed by atoms with E-state index >= 15 is 0 Å². The number of ether oxygens (including phenoxy) is 2. The summed E-state index contributed by atoms with van der Waals surface area (Å²) in [5, 5.41) is 29.2. The van der Waals surface area contributed by atoms with Crippen molar-refractivity contribution in [3.8, 4) is 17.2 Å². The first-order valence-electron chi connectivity index (χ1n) is 7.14. The zero-order valence-electron chi connectivity index (χ0n) is 12.1. The van der Waals surface area contributed by atoms with Crippen molar-refractivity contribution < 1.29 is 24.8 Å². The van der Waals surface area contributed by atoms with Gasteiger partial charge in [0.1, 0.15) is 29.5 Å². The van der Waals surface area contributed by atoms with Crippen LogP contribution >= 0.6 is 11.8 Å². The number of nitrogens with zero attached hydrogens (tertiary/aromatic N) is 1. The van der Waals surface area contributed by atoms with Gasteiger partial charge in [0.15, 0.2) is 5.44 Å². The summed E-state index contributed by atoms with van der Waals surface area (Å²) in [7, 11) is 0. The fourth-order valence-corrected chi connectivity index (χ4v) is 3.28. The van der Waals surface area contributed by atoms with Crippen LogP contribution in [0.2, 0.25) is 0 Å². The number of thioether (sulfide) groups is 1. The number of hydrogen-bond acceptors (Lipinski definition) is 7. The standard InChI is InChI=1S/C16H17NO5S/c18-13-9-23-16(15(20)14(13)19)22-12-6-11(7-17-8-12)21-10-4-2-1-3-5-10/h1-8,13-16,18-20H,9H2/t13-,14+,15-,16+/m1/s1. The Labute approximate surface area is 137 Å². The van der Waals surface area contributed by atoms with Crippen molar-refractivity contribution in [3.63, 3.8) is 0 Å². The molecule has 1 saturated heterocycles. The number of aliphatic hydroxyl groups excluding tert-OH is 3. The largest absolute Gasteiger partial charge is 0.475 e. The van der Waals surface area contributed by atoms with Crippen LogP contribution in [-0.4, -0.2) is 49.8 Å². The van der Waals surface area contributed by atoms with Gasteiger partial charge in [-0.3, -0.25) is 4.98 Å². The van der Waals surface area contributed by atoms with Gasteiger partial charge in [-0.2, -0.15) is 0 Å². The summed E-state index contributed by atoms with van der Waals surface area (Å²) >= 11 is 1.24. The molecular formula is C16H17NO5S. The molecule has 23 heavy (non-hydrogen) atoms. The monoisotopic (exact) mass is 335 g/mol. The molecule has 3 N–H and O–H groups in total. The van der Waals surface area contributed by atoms with Gasteiger partial charge in [-0.1, -0.05) is 18.2 Å². The SMILES string of the molecule is O[C@@H]1[C@@H](O)[C@@H](Oc2cncc(Oc3ccccc3)c2)SC[C@H]1O. The minimum absolute atomic E-state index is 0.288. The van der Waals surface area contributed by atoms with E-state index in [0.29, 0.717) is 17.2 Å². The van der Waals surface area contributed by atoms with E-state index < -0.39 is 23.7 Å². The topological polar surface area (TPSA) is 92.0 Å². The van der Waals surface area contributed by atoms with Gasteiger partial charge in [0.2, 0.25) is 0 Å². The van der Waals surface area contributed by atoms with Crippen LogP contribution in [0.15, 0.2) is 48.8 Å². The van der Waals surface area contributed by atoms with Crippen LogP contribution in [0, 0.1) is 0 Å². The van der Waals surface area contributed by atoms with Gasteiger partial charge in [0.25, 0.3) is 0 Å². The summed E-state index contributed by atoms with van der Waals surface area (Å²) in [6, 6.07) is 10.9. The Balaban J connectivity index is 1.68. The van der Waals surface area contributed by atoms with Crippen LogP contribution in [0.3, 0.4) is 0 Å². The molecule has 2 aromatic rings. The Morgan fingerprint density at radius 1 is 0.957 bits per heavy atom. The molecule has 3 rings (SSSR count). The minimum Gasteiger partial charge on any atom is -0.475 e. The summed E-state index contributed by atoms with van der Waals surface area (Å²) in [5.74, 6) is 1.89. The van der Waals surface area contributed by atoms with Crippen molar-refractivity contribution >= 4 is 11.8 Å². The first kappa shape index (κ1) is 16.1. The van der Waals surface area contributed by atoms with Crippen molar-refractivity contribution in [2.24, 2.45) is 0 Å². The smallest absolute Gasteiger partial charge is 0.173 e. The third-order valence-electron chi connectivity index (χ3n) is 3.37. The van der Waals surface area contributed by atoms with E-state index in [4.69, 9.17) is 9.47 Å². The molecule has 0 bridgehead atoms. The van der Waals surface area contributed by atoms with Gasteiger partial charge in [0, 0.05) is 11.8 Å². The number of para-hydroxylation sites is 1. The van der Waals surface area contributed by atoms with Gasteiger partial charge in [-0.25, -0.2) is 0 Å². The molecule has 2 heterocycles. The van der Waals surface area contributed by atoms with Gasteiger partial charge in [-0.05, 0) is 12.1 Å². The molecular weight excluding hydrogens is 318 g/mol. The zero-order chi connectivity index (χ0) is 16.2. The highest BCUT2D eigenvalue weighted by molar-refractivity contribution is 7.99. The van der Waals surface area contributed by atoms with E-state index in [1.165, 1.54) is 18.0 Å². The number of benzene rings is 1. The van der Waals surface area contributed by atoms with Gasteiger partial charge >= 0.3 is 0 Å². The quantitative estimate of drug-likeness (QED) is 0.778. The third kappa shape index (κ3) is 3.94. The molecule has 1 aliphatic heterocycles. The van der Waals surface area contributed by atoms with Crippen molar-refractivity contribution in [2.45, 2.75) is 23.7 Å². The molecule has 0 unspecified atom stereocenters. The summed E-state index contributed by atoms with van der Waals surface area (Å²) in [4.78, 5) is 4.05. The Kier molecular flexibility index (Phi) is 5.02. The van der Waals surface area contributed by atoms with Crippen LogP contribution in [0.25, 0.3) is 0 Å². The predicted molar refractivity (Wildman–Crippen MR) is 85.6 cm³/mol. The predicted octanol–water partition coefficient (Wildman–Crippen LogP) is 1.41. The Morgan fingerprint density at radius 3 is 2.48 bits per heavy atom. The van der Waals surface area contributed by atoms with Crippen LogP contribution in [-0.2, 0) is 0 Å². The zero-order valence-corrected chi connectivity index (χ0v) is 13.0. The van der Waals surface area contributed by atoms with Crippen LogP contribution in [0.1, 0.15) is 0 Å². The molecule has 1 aromatic heterocycles. The molecule has 0 amide bonds. The van der Waals surface area contributed by atoms with Crippen LogP contribution < -0.4 is 9.47 Å². The molecule has 1 aliphatic rings. The molecule has 1 aromatic carbocycles. The second-order valence-electron chi connectivity index (χ2n) is 5.14. The number of aromatic nitrogens is 1. The third-order valence-corrected chi connectivity index (χ3v) is 4.61. The Morgan fingerprint density at radius 2 is 1.70 bits per heavy atom. The molecule has 1 fully saturated rings. The van der Waals surface area contributed by atoms with Gasteiger partial charge in [-0.15, -0.1) is 11.8 Å². The average molecular weight is 335 g/mol. The molecule has 0 radical (unpaired) electrons. The molecule has 7 heteroatoms. The summed E-state index contributed by atoms with van der Waals surface area (Å²) in [6.07, 6.45) is -0.299. The second-order valence-corrected chi connectivity index (χ2v) is 6.27. The van der Waals surface area contributed by atoms with E-state index in [-0.39, 0.29) is 5.75 Å². The van der Waals surface area contributed by atoms with Crippen molar-refractivity contribution in [1.29, 1.82) is 0 Å². The van der Waals surface area contributed by atoms with Crippen LogP contribution in [0.5, 0.6) is 17.2 Å². The molecule has 122 valence electrons. The fraction of sp³-hybridized carbons (Fsp3) is 0.312. The summed E-state index contributed by atoms with van der Waals surface area (Å²) in [5.41, 5.74) is -0.679. The highest BCUT2D eigenvalue weighted by Crippen LogP contribution is 2.30. The lowest BCUT2D eigenvalue weighted by Gasteiger charge is -2.34. The normalized spacial score (nSPS) is 27.4.